The smallest absolute Gasteiger partial charge is 0.255 e. The fourth-order valence-electron chi connectivity index (χ4n) is 5.58. The van der Waals surface area contributed by atoms with E-state index in [-0.39, 0.29) is 60.3 Å². The zero-order chi connectivity index (χ0) is 28.1. The first-order valence-electron chi connectivity index (χ1n) is 12.8. The van der Waals surface area contributed by atoms with Crippen LogP contribution in [0.15, 0.2) is 41.3 Å². The molecule has 3 aliphatic heterocycles. The molecular formula is C27H29FN4O6S. The molecule has 0 aromatic heterocycles. The minimum atomic E-state index is -3.95. The van der Waals surface area contributed by atoms with Crippen molar-refractivity contribution < 1.29 is 32.0 Å². The molecule has 0 saturated carbocycles. The summed E-state index contributed by atoms with van der Waals surface area (Å²) in [6, 6.07) is 8.16. The molecule has 206 valence electrons. The Kier molecular flexibility index (Phi) is 7.02. The molecule has 2 aromatic rings. The summed E-state index contributed by atoms with van der Waals surface area (Å²) < 4.78 is 43.5. The van der Waals surface area contributed by atoms with E-state index in [1.54, 1.807) is 32.3 Å². The van der Waals surface area contributed by atoms with Gasteiger partial charge in [-0.2, -0.15) is 4.31 Å². The monoisotopic (exact) mass is 556 g/mol. The molecule has 4 amide bonds. The van der Waals surface area contributed by atoms with Crippen LogP contribution < -0.4 is 5.32 Å². The van der Waals surface area contributed by atoms with Gasteiger partial charge in [-0.1, -0.05) is 18.2 Å². The van der Waals surface area contributed by atoms with E-state index in [0.717, 1.165) is 0 Å². The third-order valence-electron chi connectivity index (χ3n) is 7.68. The van der Waals surface area contributed by atoms with Crippen LogP contribution in [0.5, 0.6) is 0 Å². The number of hydrogen-bond donors (Lipinski definition) is 1. The van der Waals surface area contributed by atoms with Crippen molar-refractivity contribution in [3.63, 3.8) is 0 Å². The molecule has 1 unspecified atom stereocenters. The predicted octanol–water partition coefficient (Wildman–Crippen LogP) is 1.86. The fraction of sp³-hybridized carbons (Fsp3) is 0.407. The molecule has 39 heavy (non-hydrogen) atoms. The van der Waals surface area contributed by atoms with Crippen molar-refractivity contribution in [3.05, 3.63) is 64.5 Å². The SMILES string of the molecule is CN(C)C(=O)c1ccccc1S(=O)(=O)N1CCC(c2cc3c(cc2F)C(=O)N(C2CCC(=O)NC2=O)C3)CC1. The largest absolute Gasteiger partial charge is 0.345 e. The standard InChI is InChI=1S/C27H29FN4O6S/c1-30(2)26(35)18-5-3-4-6-23(18)39(37,38)31-11-9-16(10-12-31)19-13-17-15-32(27(36)20(17)14-21(19)28)22-7-8-24(33)29-25(22)34/h3-6,13-14,16,22H,7-12,15H2,1-2H3,(H,29,33,34). The number of sulfonamides is 1. The van der Waals surface area contributed by atoms with E-state index in [1.807, 2.05) is 0 Å². The molecule has 12 heteroatoms. The maximum Gasteiger partial charge on any atom is 0.255 e. The summed E-state index contributed by atoms with van der Waals surface area (Å²) in [7, 11) is -0.843. The van der Waals surface area contributed by atoms with Gasteiger partial charge in [-0.3, -0.25) is 24.5 Å². The average molecular weight is 557 g/mol. The van der Waals surface area contributed by atoms with Gasteiger partial charge in [0.2, 0.25) is 21.8 Å². The lowest BCUT2D eigenvalue weighted by Crippen LogP contribution is -2.52. The molecule has 5 rings (SSSR count). The van der Waals surface area contributed by atoms with Crippen LogP contribution in [0.25, 0.3) is 0 Å². The maximum atomic E-state index is 15.2. The summed E-state index contributed by atoms with van der Waals surface area (Å²) in [4.78, 5) is 52.0. The van der Waals surface area contributed by atoms with E-state index >= 15 is 4.39 Å². The number of halogens is 1. The van der Waals surface area contributed by atoms with Gasteiger partial charge in [0, 0.05) is 45.7 Å². The summed E-state index contributed by atoms with van der Waals surface area (Å²) in [6.07, 6.45) is 1.08. The molecule has 3 heterocycles. The molecule has 0 radical (unpaired) electrons. The van der Waals surface area contributed by atoms with Gasteiger partial charge in [-0.15, -0.1) is 0 Å². The highest BCUT2D eigenvalue weighted by Gasteiger charge is 2.40. The van der Waals surface area contributed by atoms with Gasteiger partial charge in [0.25, 0.3) is 11.8 Å². The average Bonchev–Trinajstić information content (AvgIpc) is 3.22. The van der Waals surface area contributed by atoms with Gasteiger partial charge in [0.05, 0.1) is 10.5 Å². The molecule has 3 aliphatic rings. The minimum Gasteiger partial charge on any atom is -0.345 e. The molecular weight excluding hydrogens is 527 g/mol. The number of piperidine rings is 2. The normalized spacial score (nSPS) is 20.6. The molecule has 0 spiro atoms. The second-order valence-corrected chi connectivity index (χ2v) is 12.2. The van der Waals surface area contributed by atoms with Gasteiger partial charge in [-0.25, -0.2) is 12.8 Å². The van der Waals surface area contributed by atoms with E-state index in [1.165, 1.54) is 32.3 Å². The molecule has 0 bridgehead atoms. The topological polar surface area (TPSA) is 124 Å². The Balaban J connectivity index is 1.32. The third kappa shape index (κ3) is 4.82. The fourth-order valence-corrected chi connectivity index (χ4v) is 7.23. The van der Waals surface area contributed by atoms with Crippen molar-refractivity contribution >= 4 is 33.7 Å². The van der Waals surface area contributed by atoms with Gasteiger partial charge in [-0.05, 0) is 54.5 Å². The zero-order valence-electron chi connectivity index (χ0n) is 21.6. The Morgan fingerprint density at radius 1 is 1.05 bits per heavy atom. The first-order valence-corrected chi connectivity index (χ1v) is 14.2. The van der Waals surface area contributed by atoms with Crippen molar-refractivity contribution in [1.82, 2.24) is 19.4 Å². The van der Waals surface area contributed by atoms with Crippen LogP contribution in [0.1, 0.15) is 63.4 Å². The minimum absolute atomic E-state index is 0.0575. The van der Waals surface area contributed by atoms with Gasteiger partial charge < -0.3 is 9.80 Å². The number of rotatable bonds is 5. The lowest BCUT2D eigenvalue weighted by molar-refractivity contribution is -0.136. The van der Waals surface area contributed by atoms with Gasteiger partial charge >= 0.3 is 0 Å². The van der Waals surface area contributed by atoms with Crippen molar-refractivity contribution in [1.29, 1.82) is 0 Å². The van der Waals surface area contributed by atoms with E-state index in [9.17, 15) is 27.6 Å². The highest BCUT2D eigenvalue weighted by atomic mass is 32.2. The Morgan fingerprint density at radius 2 is 1.74 bits per heavy atom. The van der Waals surface area contributed by atoms with E-state index in [0.29, 0.717) is 24.0 Å². The number of nitrogens with one attached hydrogen (secondary N) is 1. The Hall–Kier alpha value is -3.64. The zero-order valence-corrected chi connectivity index (χ0v) is 22.5. The highest BCUT2D eigenvalue weighted by molar-refractivity contribution is 7.89. The summed E-state index contributed by atoms with van der Waals surface area (Å²) >= 11 is 0. The number of fused-ring (bicyclic) bond motifs is 1. The first kappa shape index (κ1) is 26.9. The molecule has 2 saturated heterocycles. The number of nitrogens with zero attached hydrogens (tertiary/aromatic N) is 3. The quantitative estimate of drug-likeness (QED) is 0.561. The second kappa shape index (κ2) is 10.2. The van der Waals surface area contributed by atoms with Crippen LogP contribution in [0.2, 0.25) is 0 Å². The maximum absolute atomic E-state index is 15.2. The van der Waals surface area contributed by atoms with Crippen LogP contribution in [0, 0.1) is 5.82 Å². The third-order valence-corrected chi connectivity index (χ3v) is 9.63. The summed E-state index contributed by atoms with van der Waals surface area (Å²) in [5.41, 5.74) is 1.31. The van der Waals surface area contributed by atoms with Crippen molar-refractivity contribution in [2.45, 2.75) is 49.1 Å². The van der Waals surface area contributed by atoms with Gasteiger partial charge in [0.1, 0.15) is 11.9 Å². The lowest BCUT2D eigenvalue weighted by atomic mass is 9.88. The number of amides is 4. The number of imide groups is 1. The van der Waals surface area contributed by atoms with Crippen molar-refractivity contribution in [2.75, 3.05) is 27.2 Å². The number of hydrogen-bond acceptors (Lipinski definition) is 6. The molecule has 1 N–H and O–H groups in total. The van der Waals surface area contributed by atoms with Crippen molar-refractivity contribution in [2.24, 2.45) is 0 Å². The predicted molar refractivity (Wildman–Crippen MR) is 138 cm³/mol. The first-order chi connectivity index (χ1) is 18.5. The van der Waals surface area contributed by atoms with Crippen LogP contribution in [-0.2, 0) is 26.2 Å². The van der Waals surface area contributed by atoms with Gasteiger partial charge in [0.15, 0.2) is 0 Å². The molecule has 1 atom stereocenters. The molecule has 10 nitrogen and oxygen atoms in total. The van der Waals surface area contributed by atoms with Crippen LogP contribution in [0.3, 0.4) is 0 Å². The summed E-state index contributed by atoms with van der Waals surface area (Å²) in [5.74, 6) is -2.58. The second-order valence-electron chi connectivity index (χ2n) is 10.3. The number of carbonyl (C=O) groups is 4. The van der Waals surface area contributed by atoms with E-state index in [2.05, 4.69) is 5.32 Å². The summed E-state index contributed by atoms with van der Waals surface area (Å²) in [6.45, 7) is 0.433. The van der Waals surface area contributed by atoms with Crippen molar-refractivity contribution in [3.8, 4) is 0 Å². The lowest BCUT2D eigenvalue weighted by Gasteiger charge is -2.32. The van der Waals surface area contributed by atoms with E-state index < -0.39 is 39.6 Å². The Morgan fingerprint density at radius 3 is 2.41 bits per heavy atom. The Labute approximate surface area is 225 Å². The Bertz CT molecular complexity index is 1480. The molecule has 2 aromatic carbocycles. The summed E-state index contributed by atoms with van der Waals surface area (Å²) in [5, 5.41) is 2.25. The van der Waals surface area contributed by atoms with E-state index in [4.69, 9.17) is 0 Å². The number of benzene rings is 2. The van der Waals surface area contributed by atoms with Crippen LogP contribution in [0.4, 0.5) is 4.39 Å². The molecule has 2 fully saturated rings. The highest BCUT2D eigenvalue weighted by Crippen LogP contribution is 2.36. The molecule has 0 aliphatic carbocycles. The van der Waals surface area contributed by atoms with Crippen LogP contribution in [-0.4, -0.2) is 79.4 Å². The number of carbonyl (C=O) groups excluding carboxylic acids is 4. The van der Waals surface area contributed by atoms with Crippen LogP contribution >= 0.6 is 0 Å².